The van der Waals surface area contributed by atoms with Gasteiger partial charge in [-0.05, 0) is 63.1 Å². The average Bonchev–Trinajstić information content (AvgIpc) is 3.54. The summed E-state index contributed by atoms with van der Waals surface area (Å²) in [6.07, 6.45) is 4.78. The normalized spacial score (nSPS) is 18.3. The first kappa shape index (κ1) is 23.3. The van der Waals surface area contributed by atoms with Gasteiger partial charge in [-0.2, -0.15) is 0 Å². The summed E-state index contributed by atoms with van der Waals surface area (Å²) in [7, 11) is -1.90. The van der Waals surface area contributed by atoms with Crippen LogP contribution in [0.5, 0.6) is 0 Å². The highest BCUT2D eigenvalue weighted by Gasteiger charge is 2.30. The van der Waals surface area contributed by atoms with Crippen LogP contribution in [0.4, 0.5) is 0 Å². The van der Waals surface area contributed by atoms with E-state index < -0.39 is 10.0 Å². The fourth-order valence-electron chi connectivity index (χ4n) is 5.04. The highest BCUT2D eigenvalue weighted by Crippen LogP contribution is 2.35. The van der Waals surface area contributed by atoms with Crippen molar-refractivity contribution >= 4 is 27.3 Å². The maximum atomic E-state index is 13.5. The topological polar surface area (TPSA) is 84.3 Å². The number of carbonyl (C=O) groups is 1. The van der Waals surface area contributed by atoms with Crippen molar-refractivity contribution in [3.05, 3.63) is 57.7 Å². The molecule has 7 nitrogen and oxygen atoms in total. The van der Waals surface area contributed by atoms with E-state index >= 15 is 0 Å². The van der Waals surface area contributed by atoms with E-state index in [1.54, 1.807) is 6.07 Å². The van der Waals surface area contributed by atoms with Crippen molar-refractivity contribution < 1.29 is 13.2 Å². The van der Waals surface area contributed by atoms with Crippen molar-refractivity contribution in [3.8, 4) is 10.7 Å². The molecule has 0 radical (unpaired) electrons. The molecule has 1 N–H and O–H groups in total. The van der Waals surface area contributed by atoms with E-state index in [1.165, 1.54) is 16.9 Å². The Morgan fingerprint density at radius 1 is 1.15 bits per heavy atom. The highest BCUT2D eigenvalue weighted by molar-refractivity contribution is 7.89. The second-order valence-corrected chi connectivity index (χ2v) is 11.9. The van der Waals surface area contributed by atoms with Crippen molar-refractivity contribution in [2.24, 2.45) is 7.05 Å². The standard InChI is InChI=1S/C25H30N4O3S2/c1-16-23(25(30)29-13-6-7-14-29)33-24(26-16)21-15-22(17(2)28(21)3)34(31,32)27-20-12-8-10-18-9-4-5-11-19(18)20/h4-5,9,11,15,20,27H,6-8,10,12-14H2,1-3H3. The molecule has 0 spiro atoms. The Hall–Kier alpha value is -2.49. The van der Waals surface area contributed by atoms with E-state index in [4.69, 9.17) is 0 Å². The molecule has 9 heteroatoms. The van der Waals surface area contributed by atoms with Gasteiger partial charge in [0, 0.05) is 31.9 Å². The van der Waals surface area contributed by atoms with Crippen molar-refractivity contribution in [2.75, 3.05) is 13.1 Å². The van der Waals surface area contributed by atoms with Crippen LogP contribution in [0.2, 0.25) is 0 Å². The quantitative estimate of drug-likeness (QED) is 0.567. The van der Waals surface area contributed by atoms with Gasteiger partial charge in [0.25, 0.3) is 5.91 Å². The lowest BCUT2D eigenvalue weighted by molar-refractivity contribution is 0.0796. The minimum Gasteiger partial charge on any atom is -0.345 e. The Balaban J connectivity index is 1.45. The Morgan fingerprint density at radius 3 is 2.65 bits per heavy atom. The average molecular weight is 499 g/mol. The number of aryl methyl sites for hydroxylation is 2. The zero-order valence-electron chi connectivity index (χ0n) is 19.8. The second-order valence-electron chi connectivity index (χ2n) is 9.24. The Kier molecular flexibility index (Phi) is 6.12. The molecule has 0 saturated carbocycles. The van der Waals surface area contributed by atoms with Gasteiger partial charge in [0.1, 0.15) is 14.8 Å². The van der Waals surface area contributed by atoms with E-state index in [-0.39, 0.29) is 16.8 Å². The molecule has 1 aliphatic carbocycles. The van der Waals surface area contributed by atoms with Crippen molar-refractivity contribution in [1.82, 2.24) is 19.2 Å². The van der Waals surface area contributed by atoms with Crippen LogP contribution < -0.4 is 4.72 Å². The van der Waals surface area contributed by atoms with Gasteiger partial charge in [0.05, 0.1) is 11.4 Å². The molecule has 1 fully saturated rings. The van der Waals surface area contributed by atoms with Crippen LogP contribution in [0.25, 0.3) is 10.7 Å². The lowest BCUT2D eigenvalue weighted by atomic mass is 9.88. The number of nitrogens with one attached hydrogen (secondary N) is 1. The van der Waals surface area contributed by atoms with Crippen molar-refractivity contribution in [2.45, 2.75) is 56.9 Å². The van der Waals surface area contributed by atoms with Gasteiger partial charge in [-0.15, -0.1) is 11.3 Å². The Bertz CT molecular complexity index is 1350. The summed E-state index contributed by atoms with van der Waals surface area (Å²) in [5.41, 5.74) is 4.31. The van der Waals surface area contributed by atoms with Crippen LogP contribution in [-0.4, -0.2) is 41.9 Å². The molecular weight excluding hydrogens is 468 g/mol. The number of hydrogen-bond donors (Lipinski definition) is 1. The summed E-state index contributed by atoms with van der Waals surface area (Å²) in [5, 5.41) is 0.662. The molecule has 5 rings (SSSR count). The number of fused-ring (bicyclic) bond motifs is 1. The van der Waals surface area contributed by atoms with E-state index in [0.717, 1.165) is 50.8 Å². The third-order valence-electron chi connectivity index (χ3n) is 7.05. The molecule has 1 aromatic carbocycles. The van der Waals surface area contributed by atoms with Crippen LogP contribution >= 0.6 is 11.3 Å². The van der Waals surface area contributed by atoms with Crippen LogP contribution in [0, 0.1) is 13.8 Å². The number of nitrogens with zero attached hydrogens (tertiary/aromatic N) is 3. The van der Waals surface area contributed by atoms with E-state index in [0.29, 0.717) is 27.0 Å². The number of sulfonamides is 1. The van der Waals surface area contributed by atoms with Crippen LogP contribution in [-0.2, 0) is 23.5 Å². The van der Waals surface area contributed by atoms with Crippen LogP contribution in [0.3, 0.4) is 0 Å². The van der Waals surface area contributed by atoms with Gasteiger partial charge in [-0.3, -0.25) is 4.79 Å². The van der Waals surface area contributed by atoms with Crippen molar-refractivity contribution in [1.29, 1.82) is 0 Å². The number of carbonyl (C=O) groups excluding carboxylic acids is 1. The number of amides is 1. The zero-order chi connectivity index (χ0) is 24.0. The van der Waals surface area contributed by atoms with Gasteiger partial charge >= 0.3 is 0 Å². The van der Waals surface area contributed by atoms with Gasteiger partial charge in [0.2, 0.25) is 10.0 Å². The van der Waals surface area contributed by atoms with Gasteiger partial charge < -0.3 is 9.47 Å². The lowest BCUT2D eigenvalue weighted by Gasteiger charge is -2.26. The van der Waals surface area contributed by atoms with Crippen molar-refractivity contribution in [3.63, 3.8) is 0 Å². The molecule has 1 unspecified atom stereocenters. The lowest BCUT2D eigenvalue weighted by Crippen LogP contribution is -2.31. The first-order chi connectivity index (χ1) is 16.3. The third kappa shape index (κ3) is 4.10. The Morgan fingerprint density at radius 2 is 1.88 bits per heavy atom. The smallest absolute Gasteiger partial charge is 0.265 e. The summed E-state index contributed by atoms with van der Waals surface area (Å²) >= 11 is 1.34. The fraction of sp³-hybridized carbons (Fsp3) is 0.440. The summed E-state index contributed by atoms with van der Waals surface area (Å²) in [5.74, 6) is 0.0233. The maximum Gasteiger partial charge on any atom is 0.265 e. The zero-order valence-corrected chi connectivity index (χ0v) is 21.4. The van der Waals surface area contributed by atoms with Gasteiger partial charge in [0.15, 0.2) is 0 Å². The second kappa shape index (κ2) is 8.94. The predicted molar refractivity (Wildman–Crippen MR) is 134 cm³/mol. The molecule has 1 aliphatic heterocycles. The molecule has 1 atom stereocenters. The largest absolute Gasteiger partial charge is 0.345 e. The van der Waals surface area contributed by atoms with Gasteiger partial charge in [-0.25, -0.2) is 18.1 Å². The molecule has 2 aromatic heterocycles. The van der Waals surface area contributed by atoms with E-state index in [1.807, 2.05) is 48.6 Å². The SMILES string of the molecule is Cc1nc(-c2cc(S(=O)(=O)NC3CCCc4ccccc43)c(C)n2C)sc1C(=O)N1CCCC1. The molecule has 3 aromatic rings. The molecule has 34 heavy (non-hydrogen) atoms. The maximum absolute atomic E-state index is 13.5. The van der Waals surface area contributed by atoms with Crippen LogP contribution in [0.15, 0.2) is 35.2 Å². The van der Waals surface area contributed by atoms with E-state index in [2.05, 4.69) is 15.8 Å². The van der Waals surface area contributed by atoms with Crippen LogP contribution in [0.1, 0.15) is 63.9 Å². The molecule has 180 valence electrons. The minimum absolute atomic E-state index is 0.0233. The summed E-state index contributed by atoms with van der Waals surface area (Å²) in [4.78, 5) is 20.4. The number of rotatable bonds is 5. The molecule has 1 saturated heterocycles. The molecule has 2 aliphatic rings. The number of hydrogen-bond acceptors (Lipinski definition) is 5. The molecule has 1 amide bonds. The minimum atomic E-state index is -3.74. The first-order valence-electron chi connectivity index (χ1n) is 11.8. The summed E-state index contributed by atoms with van der Waals surface area (Å²) in [6.45, 7) is 5.22. The first-order valence-corrected chi connectivity index (χ1v) is 14.1. The monoisotopic (exact) mass is 498 g/mol. The fourth-order valence-corrected chi connectivity index (χ4v) is 7.67. The molecular formula is C25H30N4O3S2. The molecule has 3 heterocycles. The number of aromatic nitrogens is 2. The summed E-state index contributed by atoms with van der Waals surface area (Å²) < 4.78 is 31.8. The number of likely N-dealkylation sites (tertiary alicyclic amines) is 1. The Labute approximate surface area is 204 Å². The van der Waals surface area contributed by atoms with Gasteiger partial charge in [-0.1, -0.05) is 24.3 Å². The summed E-state index contributed by atoms with van der Waals surface area (Å²) in [6, 6.07) is 9.51. The number of benzene rings is 1. The highest BCUT2D eigenvalue weighted by atomic mass is 32.2. The molecule has 0 bridgehead atoms. The predicted octanol–water partition coefficient (Wildman–Crippen LogP) is 4.36. The van der Waals surface area contributed by atoms with E-state index in [9.17, 15) is 13.2 Å². The number of thiazole rings is 1. The third-order valence-corrected chi connectivity index (χ3v) is 9.80.